The van der Waals surface area contributed by atoms with Crippen molar-refractivity contribution in [3.05, 3.63) is 39.6 Å². The number of furan rings is 1. The van der Waals surface area contributed by atoms with E-state index in [1.54, 1.807) is 0 Å². The largest absolute Gasteiger partial charge is 0.466 e. The molecule has 0 amide bonds. The summed E-state index contributed by atoms with van der Waals surface area (Å²) in [5.74, 6) is 1.76. The Morgan fingerprint density at radius 3 is 2.63 bits per heavy atom. The predicted octanol–water partition coefficient (Wildman–Crippen LogP) is 3.32. The number of hydrogen-bond donors (Lipinski definition) is 1. The number of nitrogens with two attached hydrogens (primary N) is 1. The molecule has 4 nitrogen and oxygen atoms in total. The third-order valence-electron chi connectivity index (χ3n) is 3.34. The van der Waals surface area contributed by atoms with E-state index in [1.165, 1.54) is 0 Å². The second-order valence-electron chi connectivity index (χ2n) is 4.84. The molecule has 0 bridgehead atoms. The summed E-state index contributed by atoms with van der Waals surface area (Å²) < 4.78 is 7.45. The van der Waals surface area contributed by atoms with E-state index in [2.05, 4.69) is 5.10 Å². The average Bonchev–Trinajstić information content (AvgIpc) is 2.83. The fourth-order valence-corrected chi connectivity index (χ4v) is 2.61. The molecular formula is C14H20ClN3O. The fourth-order valence-electron chi connectivity index (χ4n) is 2.40. The molecule has 2 rings (SSSR count). The van der Waals surface area contributed by atoms with E-state index in [9.17, 15) is 0 Å². The molecule has 2 heterocycles. The Bertz CT molecular complexity index is 586. The zero-order chi connectivity index (χ0) is 14.2. The van der Waals surface area contributed by atoms with Gasteiger partial charge >= 0.3 is 0 Å². The average molecular weight is 282 g/mol. The van der Waals surface area contributed by atoms with Crippen molar-refractivity contribution in [1.29, 1.82) is 0 Å². The third-order valence-corrected chi connectivity index (χ3v) is 3.84. The van der Waals surface area contributed by atoms with Gasteiger partial charge in [-0.05, 0) is 33.8 Å². The Morgan fingerprint density at radius 2 is 2.11 bits per heavy atom. The van der Waals surface area contributed by atoms with Gasteiger partial charge in [0.05, 0.1) is 16.4 Å². The minimum absolute atomic E-state index is 0.128. The highest BCUT2D eigenvalue weighted by molar-refractivity contribution is 6.31. The van der Waals surface area contributed by atoms with Crippen LogP contribution < -0.4 is 5.73 Å². The number of rotatable bonds is 4. The monoisotopic (exact) mass is 281 g/mol. The first-order valence-corrected chi connectivity index (χ1v) is 6.86. The Kier molecular flexibility index (Phi) is 4.02. The molecule has 0 aliphatic rings. The molecule has 0 aliphatic carbocycles. The smallest absolute Gasteiger partial charge is 0.105 e. The first-order valence-electron chi connectivity index (χ1n) is 6.48. The topological polar surface area (TPSA) is 57.0 Å². The van der Waals surface area contributed by atoms with Gasteiger partial charge in [-0.2, -0.15) is 5.10 Å². The van der Waals surface area contributed by atoms with Crippen LogP contribution in [0.1, 0.15) is 41.4 Å². The molecule has 0 aromatic carbocycles. The lowest BCUT2D eigenvalue weighted by atomic mass is 10.0. The Hall–Kier alpha value is -1.26. The molecule has 104 valence electrons. The minimum Gasteiger partial charge on any atom is -0.466 e. The van der Waals surface area contributed by atoms with Crippen LogP contribution in [-0.2, 0) is 13.0 Å². The van der Waals surface area contributed by atoms with Crippen molar-refractivity contribution in [3.8, 4) is 0 Å². The first-order chi connectivity index (χ1) is 8.93. The van der Waals surface area contributed by atoms with Crippen LogP contribution in [0.3, 0.4) is 0 Å². The summed E-state index contributed by atoms with van der Waals surface area (Å²) in [5, 5.41) is 5.13. The summed E-state index contributed by atoms with van der Waals surface area (Å²) in [4.78, 5) is 0. The highest BCUT2D eigenvalue weighted by atomic mass is 35.5. The van der Waals surface area contributed by atoms with Crippen LogP contribution >= 0.6 is 11.6 Å². The van der Waals surface area contributed by atoms with Crippen molar-refractivity contribution in [2.75, 3.05) is 0 Å². The lowest BCUT2D eigenvalue weighted by Gasteiger charge is -2.12. The Balaban J connectivity index is 2.28. The molecule has 5 heteroatoms. The van der Waals surface area contributed by atoms with Crippen LogP contribution in [0, 0.1) is 20.8 Å². The van der Waals surface area contributed by atoms with E-state index < -0.39 is 0 Å². The van der Waals surface area contributed by atoms with Gasteiger partial charge in [0.2, 0.25) is 0 Å². The molecular weight excluding hydrogens is 262 g/mol. The molecule has 2 aromatic heterocycles. The highest BCUT2D eigenvalue weighted by Gasteiger charge is 2.19. The fraction of sp³-hybridized carbons (Fsp3) is 0.500. The second kappa shape index (κ2) is 5.39. The summed E-state index contributed by atoms with van der Waals surface area (Å²) in [6.07, 6.45) is 0.660. The van der Waals surface area contributed by atoms with Gasteiger partial charge in [-0.3, -0.25) is 4.68 Å². The van der Waals surface area contributed by atoms with Crippen LogP contribution in [0.2, 0.25) is 5.02 Å². The molecule has 19 heavy (non-hydrogen) atoms. The van der Waals surface area contributed by atoms with Crippen molar-refractivity contribution in [1.82, 2.24) is 9.78 Å². The maximum atomic E-state index is 6.31. The molecule has 0 fully saturated rings. The number of hydrogen-bond acceptors (Lipinski definition) is 3. The van der Waals surface area contributed by atoms with Crippen molar-refractivity contribution in [2.45, 2.75) is 46.7 Å². The molecule has 0 saturated heterocycles. The molecule has 2 N–H and O–H groups in total. The predicted molar refractivity (Wildman–Crippen MR) is 76.5 cm³/mol. The van der Waals surface area contributed by atoms with Gasteiger partial charge in [-0.15, -0.1) is 0 Å². The van der Waals surface area contributed by atoms with E-state index in [-0.39, 0.29) is 6.04 Å². The SMILES string of the molecule is CCn1nc(C)c(Cl)c1CC(N)c1cc(C)oc1C. The summed E-state index contributed by atoms with van der Waals surface area (Å²) >= 11 is 6.31. The molecule has 0 radical (unpaired) electrons. The maximum absolute atomic E-state index is 6.31. The number of nitrogens with zero attached hydrogens (tertiary/aromatic N) is 2. The summed E-state index contributed by atoms with van der Waals surface area (Å²) in [6, 6.07) is 1.87. The van der Waals surface area contributed by atoms with Gasteiger partial charge in [0.25, 0.3) is 0 Å². The first kappa shape index (κ1) is 14.2. The molecule has 1 unspecified atom stereocenters. The lowest BCUT2D eigenvalue weighted by Crippen LogP contribution is -2.16. The van der Waals surface area contributed by atoms with Gasteiger partial charge in [0.15, 0.2) is 0 Å². The number of aryl methyl sites for hydroxylation is 4. The molecule has 0 aliphatic heterocycles. The quantitative estimate of drug-likeness (QED) is 0.935. The second-order valence-corrected chi connectivity index (χ2v) is 5.22. The van der Waals surface area contributed by atoms with E-state index in [4.69, 9.17) is 21.8 Å². The van der Waals surface area contributed by atoms with Gasteiger partial charge in [0.1, 0.15) is 11.5 Å². The van der Waals surface area contributed by atoms with Crippen molar-refractivity contribution >= 4 is 11.6 Å². The Labute approximate surface area is 118 Å². The molecule has 1 atom stereocenters. The van der Waals surface area contributed by atoms with Crippen LogP contribution in [0.25, 0.3) is 0 Å². The zero-order valence-corrected chi connectivity index (χ0v) is 12.6. The van der Waals surface area contributed by atoms with E-state index in [0.29, 0.717) is 6.42 Å². The Morgan fingerprint density at radius 1 is 1.42 bits per heavy atom. The summed E-state index contributed by atoms with van der Waals surface area (Å²) in [7, 11) is 0. The van der Waals surface area contributed by atoms with Gasteiger partial charge < -0.3 is 10.2 Å². The minimum atomic E-state index is -0.128. The zero-order valence-electron chi connectivity index (χ0n) is 11.8. The van der Waals surface area contributed by atoms with Crippen molar-refractivity contribution in [3.63, 3.8) is 0 Å². The maximum Gasteiger partial charge on any atom is 0.105 e. The van der Waals surface area contributed by atoms with Gasteiger partial charge in [-0.1, -0.05) is 11.6 Å². The van der Waals surface area contributed by atoms with Crippen molar-refractivity contribution < 1.29 is 4.42 Å². The normalized spacial score (nSPS) is 12.9. The van der Waals surface area contributed by atoms with E-state index in [0.717, 1.165) is 40.0 Å². The summed E-state index contributed by atoms with van der Waals surface area (Å²) in [6.45, 7) is 8.61. The van der Waals surface area contributed by atoms with E-state index >= 15 is 0 Å². The number of aromatic nitrogens is 2. The van der Waals surface area contributed by atoms with Crippen LogP contribution in [0.15, 0.2) is 10.5 Å². The van der Waals surface area contributed by atoms with Crippen LogP contribution in [-0.4, -0.2) is 9.78 Å². The molecule has 0 saturated carbocycles. The summed E-state index contributed by atoms with van der Waals surface area (Å²) in [5.41, 5.74) is 9.17. The number of halogens is 1. The molecule has 0 spiro atoms. The third kappa shape index (κ3) is 2.69. The van der Waals surface area contributed by atoms with Crippen LogP contribution in [0.4, 0.5) is 0 Å². The van der Waals surface area contributed by atoms with E-state index in [1.807, 2.05) is 38.4 Å². The van der Waals surface area contributed by atoms with Gasteiger partial charge in [-0.25, -0.2) is 0 Å². The highest BCUT2D eigenvalue weighted by Crippen LogP contribution is 2.27. The standard InChI is InChI=1S/C14H20ClN3O/c1-5-18-13(14(15)9(3)17-18)7-12(16)11-6-8(2)19-10(11)4/h6,12H,5,7,16H2,1-4H3. The van der Waals surface area contributed by atoms with Crippen LogP contribution in [0.5, 0.6) is 0 Å². The molecule has 2 aromatic rings. The van der Waals surface area contributed by atoms with Crippen molar-refractivity contribution in [2.24, 2.45) is 5.73 Å². The van der Waals surface area contributed by atoms with Gasteiger partial charge in [0, 0.05) is 24.6 Å². The lowest BCUT2D eigenvalue weighted by molar-refractivity contribution is 0.495.